The summed E-state index contributed by atoms with van der Waals surface area (Å²) in [5.41, 5.74) is 2.52. The van der Waals surface area contributed by atoms with Crippen molar-refractivity contribution in [1.82, 2.24) is 4.90 Å². The van der Waals surface area contributed by atoms with Crippen molar-refractivity contribution in [1.29, 1.82) is 0 Å². The maximum absolute atomic E-state index is 10.1. The number of hydrogen-bond donors (Lipinski definition) is 1. The highest BCUT2D eigenvalue weighted by Gasteiger charge is 2.73. The number of likely N-dealkylation sites (N-methyl/N-ethyl adjacent to an activating group) is 1. The molecule has 0 unspecified atom stereocenters. The number of piperidine rings is 1. The minimum Gasteiger partial charge on any atom is -0.493 e. The second-order valence-electron chi connectivity index (χ2n) is 8.66. The molecular formula is C20H25NO4. The van der Waals surface area contributed by atoms with E-state index in [2.05, 4.69) is 24.1 Å². The second-order valence-corrected chi connectivity index (χ2v) is 8.66. The van der Waals surface area contributed by atoms with Gasteiger partial charge in [-0.3, -0.25) is 0 Å². The zero-order valence-electron chi connectivity index (χ0n) is 14.8. The van der Waals surface area contributed by atoms with E-state index >= 15 is 0 Å². The Morgan fingerprint density at radius 3 is 2.96 bits per heavy atom. The molecule has 6 rings (SSSR count). The summed E-state index contributed by atoms with van der Waals surface area (Å²) in [7, 11) is 3.97. The van der Waals surface area contributed by atoms with Crippen LogP contribution in [0.25, 0.3) is 0 Å². The number of benzene rings is 1. The lowest BCUT2D eigenvalue weighted by atomic mass is 9.46. The van der Waals surface area contributed by atoms with Crippen molar-refractivity contribution in [2.75, 3.05) is 33.9 Å². The highest BCUT2D eigenvalue weighted by Crippen LogP contribution is 2.68. The van der Waals surface area contributed by atoms with Crippen LogP contribution in [0.5, 0.6) is 11.5 Å². The maximum atomic E-state index is 10.1. The van der Waals surface area contributed by atoms with Gasteiger partial charge in [0.05, 0.1) is 26.2 Å². The summed E-state index contributed by atoms with van der Waals surface area (Å²) in [4.78, 5) is 2.52. The monoisotopic (exact) mass is 343 g/mol. The molecule has 25 heavy (non-hydrogen) atoms. The molecule has 1 saturated carbocycles. The molecule has 5 nitrogen and oxygen atoms in total. The van der Waals surface area contributed by atoms with Gasteiger partial charge in [0.25, 0.3) is 0 Å². The van der Waals surface area contributed by atoms with Gasteiger partial charge in [0, 0.05) is 17.0 Å². The lowest BCUT2D eigenvalue weighted by molar-refractivity contribution is -0.294. The van der Waals surface area contributed by atoms with Gasteiger partial charge in [0.2, 0.25) is 0 Å². The zero-order chi connectivity index (χ0) is 17.0. The number of methoxy groups -OCH3 is 1. The van der Waals surface area contributed by atoms with Crippen LogP contribution < -0.4 is 9.47 Å². The highest BCUT2D eigenvalue weighted by atomic mass is 16.6. The average molecular weight is 343 g/mol. The van der Waals surface area contributed by atoms with Gasteiger partial charge in [-0.25, -0.2) is 0 Å². The molecule has 5 heteroatoms. The van der Waals surface area contributed by atoms with Crippen molar-refractivity contribution in [2.24, 2.45) is 11.8 Å². The molecule has 3 heterocycles. The Hall–Kier alpha value is -1.30. The third-order valence-corrected chi connectivity index (χ3v) is 8.07. The van der Waals surface area contributed by atoms with Gasteiger partial charge in [0.1, 0.15) is 11.7 Å². The molecule has 0 aromatic heterocycles. The average Bonchev–Trinajstić information content (AvgIpc) is 2.93. The first-order chi connectivity index (χ1) is 12.1. The number of likely N-dealkylation sites (tertiary alicyclic amines) is 1. The van der Waals surface area contributed by atoms with Gasteiger partial charge in [-0.2, -0.15) is 0 Å². The Morgan fingerprint density at radius 2 is 2.24 bits per heavy atom. The lowest BCUT2D eigenvalue weighted by Crippen LogP contribution is -2.75. The quantitative estimate of drug-likeness (QED) is 0.879. The van der Waals surface area contributed by atoms with E-state index in [0.29, 0.717) is 18.6 Å². The Morgan fingerprint density at radius 1 is 1.36 bits per heavy atom. The van der Waals surface area contributed by atoms with Crippen molar-refractivity contribution in [3.8, 4) is 11.5 Å². The van der Waals surface area contributed by atoms with Crippen LogP contribution in [0.15, 0.2) is 12.1 Å². The Kier molecular flexibility index (Phi) is 2.67. The summed E-state index contributed by atoms with van der Waals surface area (Å²) >= 11 is 0. The van der Waals surface area contributed by atoms with E-state index in [1.165, 1.54) is 11.1 Å². The third-order valence-electron chi connectivity index (χ3n) is 8.07. The molecule has 0 amide bonds. The van der Waals surface area contributed by atoms with Gasteiger partial charge in [-0.05, 0) is 50.4 Å². The molecule has 1 aromatic carbocycles. The number of nitrogens with zero attached hydrogens (tertiary/aromatic N) is 1. The third kappa shape index (κ3) is 1.46. The van der Waals surface area contributed by atoms with Gasteiger partial charge < -0.3 is 24.2 Å². The van der Waals surface area contributed by atoms with Crippen molar-refractivity contribution < 1.29 is 19.3 Å². The van der Waals surface area contributed by atoms with Gasteiger partial charge in [0.15, 0.2) is 11.5 Å². The Bertz CT molecular complexity index is 762. The molecule has 134 valence electrons. The molecule has 5 aliphatic rings. The summed E-state index contributed by atoms with van der Waals surface area (Å²) in [5, 5.41) is 10.1. The fraction of sp³-hybridized carbons (Fsp3) is 0.700. The summed E-state index contributed by atoms with van der Waals surface area (Å²) < 4.78 is 18.3. The van der Waals surface area contributed by atoms with Gasteiger partial charge in [-0.1, -0.05) is 6.07 Å². The number of aliphatic hydroxyl groups excluding tert-OH is 1. The van der Waals surface area contributed by atoms with Crippen LogP contribution in [0.2, 0.25) is 0 Å². The molecule has 1 spiro atoms. The number of rotatable bonds is 2. The zero-order valence-corrected chi connectivity index (χ0v) is 14.8. The predicted octanol–water partition coefficient (Wildman–Crippen LogP) is 1.35. The van der Waals surface area contributed by atoms with Crippen molar-refractivity contribution >= 4 is 0 Å². The molecule has 6 atom stereocenters. The minimum atomic E-state index is -0.401. The van der Waals surface area contributed by atoms with E-state index in [1.54, 1.807) is 7.11 Å². The molecule has 2 aliphatic carbocycles. The molecular weight excluding hydrogens is 318 g/mol. The molecule has 3 aliphatic heterocycles. The van der Waals surface area contributed by atoms with Crippen LogP contribution >= 0.6 is 0 Å². The molecule has 1 N–H and O–H groups in total. The van der Waals surface area contributed by atoms with Crippen LogP contribution in [0.4, 0.5) is 0 Å². The highest BCUT2D eigenvalue weighted by molar-refractivity contribution is 5.61. The van der Waals surface area contributed by atoms with E-state index in [0.717, 1.165) is 37.3 Å². The largest absolute Gasteiger partial charge is 0.493 e. The topological polar surface area (TPSA) is 51.2 Å². The molecule has 2 saturated heterocycles. The SMILES string of the molecule is COc1ccc2c3c1O[C@H]1[C@H]4CO[C@@]4(CO)C[C@H]4[C@@H](C2)N(C)CC[C@@]341. The van der Waals surface area contributed by atoms with Crippen LogP contribution in [-0.4, -0.2) is 61.7 Å². The van der Waals surface area contributed by atoms with E-state index < -0.39 is 5.60 Å². The van der Waals surface area contributed by atoms with Crippen LogP contribution in [0, 0.1) is 11.8 Å². The summed E-state index contributed by atoms with van der Waals surface area (Å²) in [6.07, 6.45) is 3.23. The van der Waals surface area contributed by atoms with Gasteiger partial charge in [-0.15, -0.1) is 0 Å². The summed E-state index contributed by atoms with van der Waals surface area (Å²) in [6, 6.07) is 4.81. The normalized spacial score (nSPS) is 45.9. The minimum absolute atomic E-state index is 0.0712. The Balaban J connectivity index is 1.61. The van der Waals surface area contributed by atoms with E-state index in [1.807, 2.05) is 0 Å². The standard InChI is InChI=1S/C20H25NO4/c1-21-6-5-20-12-8-19(10-22)13(9-24-19)18(20)25-17-15(23-2)4-3-11(16(17)20)7-14(12)21/h3-4,12-14,18,22H,5-10H2,1-2H3/t12-,13+,14+,18-,19+,20-/m0/s1. The number of aliphatic hydroxyl groups is 1. The summed E-state index contributed by atoms with van der Waals surface area (Å²) in [5.74, 6) is 2.58. The number of hydrogen-bond acceptors (Lipinski definition) is 5. The second kappa shape index (κ2) is 4.51. The van der Waals surface area contributed by atoms with E-state index in [-0.39, 0.29) is 24.0 Å². The number of ether oxygens (including phenoxy) is 3. The molecule has 0 radical (unpaired) electrons. The van der Waals surface area contributed by atoms with Crippen LogP contribution in [0.3, 0.4) is 0 Å². The Labute approximate surface area is 147 Å². The number of fused-ring (bicyclic) bond motifs is 2. The van der Waals surface area contributed by atoms with E-state index in [9.17, 15) is 5.11 Å². The first kappa shape index (κ1) is 14.8. The van der Waals surface area contributed by atoms with Crippen LogP contribution in [-0.2, 0) is 16.6 Å². The molecule has 2 bridgehead atoms. The fourth-order valence-corrected chi connectivity index (χ4v) is 6.83. The lowest BCUT2D eigenvalue weighted by Gasteiger charge is -2.66. The van der Waals surface area contributed by atoms with Crippen LogP contribution in [0.1, 0.15) is 24.0 Å². The first-order valence-electron chi connectivity index (χ1n) is 9.47. The van der Waals surface area contributed by atoms with Crippen molar-refractivity contribution in [3.63, 3.8) is 0 Å². The fourth-order valence-electron chi connectivity index (χ4n) is 6.83. The van der Waals surface area contributed by atoms with Crippen molar-refractivity contribution in [2.45, 2.75) is 42.4 Å². The van der Waals surface area contributed by atoms with Gasteiger partial charge >= 0.3 is 0 Å². The first-order valence-corrected chi connectivity index (χ1v) is 9.47. The predicted molar refractivity (Wildman–Crippen MR) is 91.2 cm³/mol. The molecule has 3 fully saturated rings. The molecule has 1 aromatic rings. The van der Waals surface area contributed by atoms with Crippen molar-refractivity contribution in [3.05, 3.63) is 23.3 Å². The maximum Gasteiger partial charge on any atom is 0.165 e. The van der Waals surface area contributed by atoms with E-state index in [4.69, 9.17) is 14.2 Å². The summed E-state index contributed by atoms with van der Waals surface area (Å²) in [6.45, 7) is 1.91. The smallest absolute Gasteiger partial charge is 0.165 e.